The summed E-state index contributed by atoms with van der Waals surface area (Å²) >= 11 is 0. The Morgan fingerprint density at radius 3 is 2.54 bits per heavy atom. The van der Waals surface area contributed by atoms with Gasteiger partial charge in [-0.1, -0.05) is 31.5 Å². The fraction of sp³-hybridized carbons (Fsp3) is 0.400. The lowest BCUT2D eigenvalue weighted by Crippen LogP contribution is -2.43. The summed E-state index contributed by atoms with van der Waals surface area (Å²) in [6.07, 6.45) is 1.61. The zero-order valence-electron chi connectivity index (χ0n) is 23.8. The van der Waals surface area contributed by atoms with E-state index in [2.05, 4.69) is 21.9 Å². The van der Waals surface area contributed by atoms with Crippen molar-refractivity contribution in [2.24, 2.45) is 7.05 Å². The molecular formula is C30H37N5O5S. The molecular weight excluding hydrogens is 542 g/mol. The molecule has 0 atom stereocenters. The summed E-state index contributed by atoms with van der Waals surface area (Å²) in [7, 11) is -2.22. The number of rotatable bonds is 11. The number of fused-ring (bicyclic) bond motifs is 1. The maximum atomic E-state index is 14.2. The van der Waals surface area contributed by atoms with Crippen LogP contribution in [-0.2, 0) is 28.2 Å². The first kappa shape index (κ1) is 28.8. The van der Waals surface area contributed by atoms with Gasteiger partial charge in [0.1, 0.15) is 11.3 Å². The summed E-state index contributed by atoms with van der Waals surface area (Å²) in [5.74, 6) is 0.488. The molecule has 0 unspecified atom stereocenters. The van der Waals surface area contributed by atoms with Gasteiger partial charge in [-0.3, -0.25) is 18.7 Å². The first-order valence-electron chi connectivity index (χ1n) is 14.1. The number of morpholine rings is 1. The molecule has 2 aromatic carbocycles. The molecule has 218 valence electrons. The highest BCUT2D eigenvalue weighted by Crippen LogP contribution is 2.34. The Morgan fingerprint density at radius 1 is 1.07 bits per heavy atom. The van der Waals surface area contributed by atoms with Crippen molar-refractivity contribution >= 4 is 26.6 Å². The van der Waals surface area contributed by atoms with Crippen LogP contribution in [0.2, 0.25) is 0 Å². The van der Waals surface area contributed by atoms with Gasteiger partial charge in [0, 0.05) is 44.2 Å². The number of H-pyrrole nitrogens is 1. The van der Waals surface area contributed by atoms with E-state index in [4.69, 9.17) is 9.47 Å². The molecule has 0 radical (unpaired) electrons. The molecule has 0 bridgehead atoms. The fourth-order valence-corrected chi connectivity index (χ4v) is 6.76. The zero-order chi connectivity index (χ0) is 29.0. The summed E-state index contributed by atoms with van der Waals surface area (Å²) < 4.78 is 42.9. The predicted octanol–water partition coefficient (Wildman–Crippen LogP) is 3.81. The van der Waals surface area contributed by atoms with Gasteiger partial charge in [0.15, 0.2) is 0 Å². The minimum absolute atomic E-state index is 0.114. The van der Waals surface area contributed by atoms with E-state index >= 15 is 0 Å². The van der Waals surface area contributed by atoms with E-state index in [1.54, 1.807) is 42.1 Å². The number of sulfonamides is 1. The molecule has 0 saturated carbocycles. The smallest absolute Gasteiger partial charge is 0.274 e. The van der Waals surface area contributed by atoms with Crippen LogP contribution in [0.4, 0.5) is 5.69 Å². The Kier molecular flexibility index (Phi) is 8.77. The van der Waals surface area contributed by atoms with Crippen LogP contribution in [-0.4, -0.2) is 74.1 Å². The summed E-state index contributed by atoms with van der Waals surface area (Å²) in [4.78, 5) is 18.5. The topological polar surface area (TPSA) is 110 Å². The maximum absolute atomic E-state index is 14.2. The number of nitrogens with zero attached hydrogens (tertiary/aromatic N) is 4. The summed E-state index contributed by atoms with van der Waals surface area (Å²) in [6, 6.07) is 15.8. The van der Waals surface area contributed by atoms with Gasteiger partial charge in [-0.05, 0) is 49.7 Å². The van der Waals surface area contributed by atoms with E-state index in [1.807, 2.05) is 31.2 Å². The first-order valence-corrected chi connectivity index (χ1v) is 15.5. The number of aryl methyl sites for hydroxylation is 2. The summed E-state index contributed by atoms with van der Waals surface area (Å²) in [6.45, 7) is 7.98. The van der Waals surface area contributed by atoms with E-state index < -0.39 is 10.0 Å². The standard InChI is InChI=1S/C30H37N5O5S/c1-4-9-26-25-21-27(31-30(36)29(25)33(3)32-26)24-20-23(12-13-28(24)40-5-2)41(37,38)35(22-10-7-6-8-11-22)15-14-34-16-18-39-19-17-34/h6-8,10-13,20-21H,4-5,9,14-19H2,1-3H3,(H,31,36). The van der Waals surface area contributed by atoms with Crippen molar-refractivity contribution in [3.8, 4) is 17.0 Å². The van der Waals surface area contributed by atoms with Crippen molar-refractivity contribution < 1.29 is 17.9 Å². The third-order valence-corrected chi connectivity index (χ3v) is 9.12. The Labute approximate surface area is 240 Å². The van der Waals surface area contributed by atoms with Crippen LogP contribution in [0.15, 0.2) is 64.3 Å². The van der Waals surface area contributed by atoms with Crippen molar-refractivity contribution in [3.05, 3.63) is 70.6 Å². The molecule has 0 aliphatic carbocycles. The Balaban J connectivity index is 1.59. The van der Waals surface area contributed by atoms with E-state index in [1.165, 1.54) is 4.31 Å². The van der Waals surface area contributed by atoms with Crippen LogP contribution in [0, 0.1) is 0 Å². The van der Waals surface area contributed by atoms with Gasteiger partial charge < -0.3 is 14.5 Å². The molecule has 10 nitrogen and oxygen atoms in total. The van der Waals surface area contributed by atoms with Gasteiger partial charge in [-0.25, -0.2) is 8.42 Å². The predicted molar refractivity (Wildman–Crippen MR) is 160 cm³/mol. The highest BCUT2D eigenvalue weighted by atomic mass is 32.2. The fourth-order valence-electron chi connectivity index (χ4n) is 5.27. The monoisotopic (exact) mass is 579 g/mol. The summed E-state index contributed by atoms with van der Waals surface area (Å²) in [5, 5.41) is 5.31. The third kappa shape index (κ3) is 6.02. The number of nitrogens with one attached hydrogen (secondary N) is 1. The Morgan fingerprint density at radius 2 is 1.83 bits per heavy atom. The van der Waals surface area contributed by atoms with Crippen LogP contribution in [0.3, 0.4) is 0 Å². The highest BCUT2D eigenvalue weighted by molar-refractivity contribution is 7.92. The van der Waals surface area contributed by atoms with E-state index in [0.717, 1.165) is 37.0 Å². The second-order valence-corrected chi connectivity index (χ2v) is 11.9. The molecule has 1 N–H and O–H groups in total. The molecule has 3 heterocycles. The first-order chi connectivity index (χ1) is 19.8. The molecule has 41 heavy (non-hydrogen) atoms. The molecule has 1 saturated heterocycles. The molecule has 4 aromatic rings. The zero-order valence-corrected chi connectivity index (χ0v) is 24.6. The number of hydrogen-bond donors (Lipinski definition) is 1. The number of pyridine rings is 1. The lowest BCUT2D eigenvalue weighted by Gasteiger charge is -2.31. The number of para-hydroxylation sites is 1. The minimum Gasteiger partial charge on any atom is -0.493 e. The average Bonchev–Trinajstić information content (AvgIpc) is 3.29. The second kappa shape index (κ2) is 12.5. The molecule has 2 aromatic heterocycles. The SMILES string of the molecule is CCCc1nn(C)c2c(=O)[nH]c(-c3cc(S(=O)(=O)N(CCN4CCOCC4)c4ccccc4)ccc3OCC)cc12. The van der Waals surface area contributed by atoms with E-state index in [9.17, 15) is 13.2 Å². The normalized spacial score (nSPS) is 14.4. The van der Waals surface area contributed by atoms with Crippen molar-refractivity contribution in [1.29, 1.82) is 0 Å². The maximum Gasteiger partial charge on any atom is 0.274 e. The molecule has 5 rings (SSSR count). The van der Waals surface area contributed by atoms with Crippen LogP contribution in [0.25, 0.3) is 22.2 Å². The van der Waals surface area contributed by atoms with Crippen molar-refractivity contribution in [3.63, 3.8) is 0 Å². The number of aromatic nitrogens is 3. The third-order valence-electron chi connectivity index (χ3n) is 7.30. The Bertz CT molecular complexity index is 1660. The van der Waals surface area contributed by atoms with Crippen LogP contribution >= 0.6 is 0 Å². The molecule has 0 spiro atoms. The number of aromatic amines is 1. The van der Waals surface area contributed by atoms with Crippen LogP contribution in [0.1, 0.15) is 26.0 Å². The van der Waals surface area contributed by atoms with Crippen LogP contribution < -0.4 is 14.6 Å². The minimum atomic E-state index is -3.97. The Hall–Kier alpha value is -3.67. The van der Waals surface area contributed by atoms with E-state index in [0.29, 0.717) is 54.6 Å². The van der Waals surface area contributed by atoms with Crippen LogP contribution in [0.5, 0.6) is 5.75 Å². The average molecular weight is 580 g/mol. The van der Waals surface area contributed by atoms with Crippen molar-refractivity contribution in [2.45, 2.75) is 31.6 Å². The number of hydrogen-bond acceptors (Lipinski definition) is 7. The molecule has 1 fully saturated rings. The van der Waals surface area contributed by atoms with Crippen molar-refractivity contribution in [1.82, 2.24) is 19.7 Å². The second-order valence-electron chi connectivity index (χ2n) is 10.1. The van der Waals surface area contributed by atoms with E-state index in [-0.39, 0.29) is 17.0 Å². The van der Waals surface area contributed by atoms with Crippen molar-refractivity contribution in [2.75, 3.05) is 50.3 Å². The number of benzene rings is 2. The highest BCUT2D eigenvalue weighted by Gasteiger charge is 2.27. The van der Waals surface area contributed by atoms with Gasteiger partial charge in [0.05, 0.1) is 41.8 Å². The van der Waals surface area contributed by atoms with Gasteiger partial charge in [0.2, 0.25) is 0 Å². The largest absolute Gasteiger partial charge is 0.493 e. The lowest BCUT2D eigenvalue weighted by molar-refractivity contribution is 0.0395. The van der Waals surface area contributed by atoms with Gasteiger partial charge in [-0.15, -0.1) is 0 Å². The number of ether oxygens (including phenoxy) is 2. The van der Waals surface area contributed by atoms with Gasteiger partial charge in [0.25, 0.3) is 15.6 Å². The number of anilines is 1. The summed E-state index contributed by atoms with van der Waals surface area (Å²) in [5.41, 5.74) is 2.59. The molecule has 1 aliphatic rings. The molecule has 1 aliphatic heterocycles. The lowest BCUT2D eigenvalue weighted by atomic mass is 10.1. The molecule has 11 heteroatoms. The quantitative estimate of drug-likeness (QED) is 0.288. The van der Waals surface area contributed by atoms with Gasteiger partial charge in [-0.2, -0.15) is 5.10 Å². The molecule has 0 amide bonds. The van der Waals surface area contributed by atoms with Gasteiger partial charge >= 0.3 is 0 Å².